The summed E-state index contributed by atoms with van der Waals surface area (Å²) in [7, 11) is 1.82. The van der Waals surface area contributed by atoms with Crippen molar-refractivity contribution >= 4 is 5.91 Å². The molecule has 0 saturated heterocycles. The number of aromatic nitrogens is 2. The lowest BCUT2D eigenvalue weighted by Crippen LogP contribution is -2.35. The minimum Gasteiger partial charge on any atom is -0.345 e. The van der Waals surface area contributed by atoms with Gasteiger partial charge in [0.1, 0.15) is 0 Å². The molecule has 112 valence electrons. The zero-order valence-electron chi connectivity index (χ0n) is 12.6. The van der Waals surface area contributed by atoms with Crippen molar-refractivity contribution in [2.45, 2.75) is 51.6 Å². The Hall–Kier alpha value is -1.36. The molecule has 1 fully saturated rings. The summed E-state index contributed by atoms with van der Waals surface area (Å²) < 4.78 is 2.11. The summed E-state index contributed by atoms with van der Waals surface area (Å²) in [5.41, 5.74) is 1.02. The van der Waals surface area contributed by atoms with Crippen LogP contribution in [0.4, 0.5) is 0 Å². The normalized spacial score (nSPS) is 16.3. The van der Waals surface area contributed by atoms with E-state index >= 15 is 0 Å². The fraction of sp³-hybridized carbons (Fsp3) is 0.733. The number of nitrogens with zero attached hydrogens (tertiary/aromatic N) is 3. The van der Waals surface area contributed by atoms with Crippen molar-refractivity contribution in [2.75, 3.05) is 20.1 Å². The summed E-state index contributed by atoms with van der Waals surface area (Å²) in [6.45, 7) is 3.75. The molecule has 1 aromatic rings. The monoisotopic (exact) mass is 278 g/mol. The van der Waals surface area contributed by atoms with Crippen LogP contribution >= 0.6 is 0 Å². The summed E-state index contributed by atoms with van der Waals surface area (Å²) in [5, 5.41) is 7.79. The number of hydrogen-bond donors (Lipinski definition) is 1. The molecule has 1 aliphatic rings. The van der Waals surface area contributed by atoms with E-state index in [2.05, 4.69) is 27.4 Å². The van der Waals surface area contributed by atoms with E-state index in [4.69, 9.17) is 0 Å². The zero-order chi connectivity index (χ0) is 14.4. The van der Waals surface area contributed by atoms with Gasteiger partial charge in [-0.3, -0.25) is 9.48 Å². The number of carbonyl (C=O) groups is 1. The Kier molecular flexibility index (Phi) is 5.59. The van der Waals surface area contributed by atoms with Crippen LogP contribution in [0.2, 0.25) is 0 Å². The number of hydrogen-bond acceptors (Lipinski definition) is 3. The van der Waals surface area contributed by atoms with Crippen molar-refractivity contribution in [2.24, 2.45) is 0 Å². The van der Waals surface area contributed by atoms with Gasteiger partial charge in [-0.15, -0.1) is 0 Å². The highest BCUT2D eigenvalue weighted by molar-refractivity contribution is 5.77. The fourth-order valence-corrected chi connectivity index (χ4v) is 2.63. The predicted octanol–water partition coefficient (Wildman–Crippen LogP) is 1.96. The van der Waals surface area contributed by atoms with E-state index in [1.165, 1.54) is 32.1 Å². The molecule has 1 amide bonds. The maximum atomic E-state index is 11.7. The van der Waals surface area contributed by atoms with Crippen molar-refractivity contribution < 1.29 is 4.79 Å². The highest BCUT2D eigenvalue weighted by atomic mass is 16.2. The van der Waals surface area contributed by atoms with Crippen LogP contribution in [-0.2, 0) is 11.3 Å². The smallest absolute Gasteiger partial charge is 0.236 e. The Labute approximate surface area is 121 Å². The standard InChI is InChI=1S/C15H26N4O/c1-3-18(2)15(20)12-16-11-13-9-10-19(17-13)14-7-5-4-6-8-14/h9-10,14,16H,3-8,11-12H2,1-2H3. The fourth-order valence-electron chi connectivity index (χ4n) is 2.63. The van der Waals surface area contributed by atoms with Crippen molar-refractivity contribution in [3.05, 3.63) is 18.0 Å². The summed E-state index contributed by atoms with van der Waals surface area (Å²) in [6.07, 6.45) is 8.56. The molecule has 5 heteroatoms. The highest BCUT2D eigenvalue weighted by Crippen LogP contribution is 2.27. The molecule has 20 heavy (non-hydrogen) atoms. The Morgan fingerprint density at radius 1 is 1.45 bits per heavy atom. The quantitative estimate of drug-likeness (QED) is 0.865. The first-order chi connectivity index (χ1) is 9.70. The average molecular weight is 278 g/mol. The molecule has 0 atom stereocenters. The van der Waals surface area contributed by atoms with Gasteiger partial charge in [0.05, 0.1) is 18.3 Å². The molecule has 2 rings (SSSR count). The van der Waals surface area contributed by atoms with Gasteiger partial charge in [0.25, 0.3) is 0 Å². The highest BCUT2D eigenvalue weighted by Gasteiger charge is 2.16. The van der Waals surface area contributed by atoms with E-state index < -0.39 is 0 Å². The third kappa shape index (κ3) is 4.07. The number of nitrogens with one attached hydrogen (secondary N) is 1. The van der Waals surface area contributed by atoms with Crippen molar-refractivity contribution in [3.8, 4) is 0 Å². The van der Waals surface area contributed by atoms with Gasteiger partial charge in [-0.25, -0.2) is 0 Å². The van der Waals surface area contributed by atoms with Gasteiger partial charge in [0.2, 0.25) is 5.91 Å². The number of amides is 1. The number of rotatable bonds is 6. The predicted molar refractivity (Wildman–Crippen MR) is 79.4 cm³/mol. The maximum absolute atomic E-state index is 11.7. The van der Waals surface area contributed by atoms with Gasteiger partial charge < -0.3 is 10.2 Å². The first-order valence-corrected chi connectivity index (χ1v) is 7.69. The molecule has 0 aliphatic heterocycles. The molecule has 1 aliphatic carbocycles. The molecule has 1 saturated carbocycles. The Balaban J connectivity index is 1.76. The lowest BCUT2D eigenvalue weighted by molar-refractivity contribution is -0.128. The molecule has 0 spiro atoms. The van der Waals surface area contributed by atoms with Crippen LogP contribution in [0.25, 0.3) is 0 Å². The van der Waals surface area contributed by atoms with E-state index in [1.807, 2.05) is 14.0 Å². The van der Waals surface area contributed by atoms with Crippen LogP contribution in [0.5, 0.6) is 0 Å². The molecular weight excluding hydrogens is 252 g/mol. The average Bonchev–Trinajstić information content (AvgIpc) is 2.96. The SMILES string of the molecule is CCN(C)C(=O)CNCc1ccn(C2CCCCC2)n1. The van der Waals surface area contributed by atoms with Crippen molar-refractivity contribution in [1.29, 1.82) is 0 Å². The lowest BCUT2D eigenvalue weighted by Gasteiger charge is -2.21. The van der Waals surface area contributed by atoms with Gasteiger partial charge in [-0.1, -0.05) is 19.3 Å². The van der Waals surface area contributed by atoms with Crippen LogP contribution in [0.15, 0.2) is 12.3 Å². The summed E-state index contributed by atoms with van der Waals surface area (Å²) in [6, 6.07) is 2.63. The molecule has 0 bridgehead atoms. The van der Waals surface area contributed by atoms with E-state index in [0.717, 1.165) is 12.2 Å². The van der Waals surface area contributed by atoms with E-state index in [0.29, 0.717) is 19.1 Å². The van der Waals surface area contributed by atoms with Crippen LogP contribution < -0.4 is 5.32 Å². The second-order valence-electron chi connectivity index (χ2n) is 5.59. The molecule has 0 radical (unpaired) electrons. The topological polar surface area (TPSA) is 50.2 Å². The van der Waals surface area contributed by atoms with Crippen LogP contribution in [0.3, 0.4) is 0 Å². The van der Waals surface area contributed by atoms with Crippen molar-refractivity contribution in [1.82, 2.24) is 20.0 Å². The summed E-state index contributed by atoms with van der Waals surface area (Å²) in [4.78, 5) is 13.4. The largest absolute Gasteiger partial charge is 0.345 e. The van der Waals surface area contributed by atoms with E-state index in [1.54, 1.807) is 4.90 Å². The Bertz CT molecular complexity index is 423. The van der Waals surface area contributed by atoms with Crippen LogP contribution in [0, 0.1) is 0 Å². The number of likely N-dealkylation sites (N-methyl/N-ethyl adjacent to an activating group) is 1. The van der Waals surface area contributed by atoms with Crippen molar-refractivity contribution in [3.63, 3.8) is 0 Å². The molecule has 1 N–H and O–H groups in total. The maximum Gasteiger partial charge on any atom is 0.236 e. The summed E-state index contributed by atoms with van der Waals surface area (Å²) >= 11 is 0. The van der Waals surface area contributed by atoms with E-state index in [-0.39, 0.29) is 5.91 Å². The third-order valence-corrected chi connectivity index (χ3v) is 4.09. The molecule has 0 aromatic carbocycles. The first kappa shape index (κ1) is 15.0. The summed E-state index contributed by atoms with van der Waals surface area (Å²) in [5.74, 6) is 0.124. The van der Waals surface area contributed by atoms with Crippen LogP contribution in [0.1, 0.15) is 50.8 Å². The number of carbonyl (C=O) groups excluding carboxylic acids is 1. The first-order valence-electron chi connectivity index (χ1n) is 7.69. The van der Waals surface area contributed by atoms with Gasteiger partial charge in [-0.2, -0.15) is 5.10 Å². The molecular formula is C15H26N4O. The van der Waals surface area contributed by atoms with Gasteiger partial charge >= 0.3 is 0 Å². The Morgan fingerprint density at radius 2 is 2.20 bits per heavy atom. The van der Waals surface area contributed by atoms with Crippen LogP contribution in [-0.4, -0.2) is 40.7 Å². The lowest BCUT2D eigenvalue weighted by atomic mass is 9.96. The van der Waals surface area contributed by atoms with Gasteiger partial charge in [0.15, 0.2) is 0 Å². The second kappa shape index (κ2) is 7.43. The van der Waals surface area contributed by atoms with E-state index in [9.17, 15) is 4.79 Å². The minimum absolute atomic E-state index is 0.124. The zero-order valence-corrected chi connectivity index (χ0v) is 12.6. The van der Waals surface area contributed by atoms with Gasteiger partial charge in [0, 0.05) is 26.3 Å². The minimum atomic E-state index is 0.124. The third-order valence-electron chi connectivity index (χ3n) is 4.09. The molecule has 5 nitrogen and oxygen atoms in total. The second-order valence-corrected chi connectivity index (χ2v) is 5.59. The molecule has 1 aromatic heterocycles. The Morgan fingerprint density at radius 3 is 2.90 bits per heavy atom. The molecule has 1 heterocycles. The molecule has 0 unspecified atom stereocenters. The van der Waals surface area contributed by atoms with Gasteiger partial charge in [-0.05, 0) is 25.8 Å².